The van der Waals surface area contributed by atoms with Gasteiger partial charge in [0.15, 0.2) is 0 Å². The molecule has 66 valence electrons. The molecule has 0 spiro atoms. The van der Waals surface area contributed by atoms with E-state index in [2.05, 4.69) is 5.10 Å². The van der Waals surface area contributed by atoms with Crippen LogP contribution in [0.15, 0.2) is 10.9 Å². The van der Waals surface area contributed by atoms with Gasteiger partial charge in [-0.3, -0.25) is 19.4 Å². The fourth-order valence-corrected chi connectivity index (χ4v) is 0.992. The highest BCUT2D eigenvalue weighted by atomic mass is 16.4. The summed E-state index contributed by atoms with van der Waals surface area (Å²) in [5.41, 5.74) is 0.514. The Morgan fingerprint density at radius 3 is 2.83 bits per heavy atom. The summed E-state index contributed by atoms with van der Waals surface area (Å²) in [6.45, 7) is 0. The minimum atomic E-state index is -0.858. The largest absolute Gasteiger partial charge is 0.481 e. The van der Waals surface area contributed by atoms with Crippen molar-refractivity contribution in [2.45, 2.75) is 12.8 Å². The van der Waals surface area contributed by atoms with Gasteiger partial charge >= 0.3 is 5.97 Å². The molecule has 0 saturated carbocycles. The lowest BCUT2D eigenvalue weighted by atomic mass is 10.2. The number of hydrogen-bond donors (Lipinski definition) is 2. The molecule has 1 heterocycles. The monoisotopic (exact) mass is 170 g/mol. The van der Waals surface area contributed by atoms with Gasteiger partial charge in [-0.25, -0.2) is 0 Å². The molecule has 1 aromatic rings. The molecule has 0 atom stereocenters. The standard InChI is InChI=1S/C7H10N2O3/c1-9-5(2-3-7(11)12)4-6(10)8-9/h4H,2-3H2,1H3,(H,8,10)(H,11,12). The van der Waals surface area contributed by atoms with Crippen molar-refractivity contribution in [1.82, 2.24) is 9.78 Å². The highest BCUT2D eigenvalue weighted by Gasteiger charge is 2.03. The average molecular weight is 170 g/mol. The summed E-state index contributed by atoms with van der Waals surface area (Å²) in [6.07, 6.45) is 0.426. The molecule has 0 saturated heterocycles. The topological polar surface area (TPSA) is 75.1 Å². The number of nitrogens with zero attached hydrogens (tertiary/aromatic N) is 1. The number of H-pyrrole nitrogens is 1. The number of aliphatic carboxylic acids is 1. The first kappa shape index (κ1) is 8.58. The van der Waals surface area contributed by atoms with Crippen LogP contribution in [0.3, 0.4) is 0 Å². The molecule has 0 fully saturated rings. The highest BCUT2D eigenvalue weighted by Crippen LogP contribution is 1.97. The van der Waals surface area contributed by atoms with Gasteiger partial charge in [0.2, 0.25) is 0 Å². The average Bonchev–Trinajstić information content (AvgIpc) is 2.26. The molecule has 12 heavy (non-hydrogen) atoms. The lowest BCUT2D eigenvalue weighted by Crippen LogP contribution is -2.03. The van der Waals surface area contributed by atoms with Crippen LogP contribution in [-0.2, 0) is 18.3 Å². The van der Waals surface area contributed by atoms with Gasteiger partial charge in [-0.2, -0.15) is 0 Å². The van der Waals surface area contributed by atoms with Crippen LogP contribution in [0.4, 0.5) is 0 Å². The van der Waals surface area contributed by atoms with Gasteiger partial charge < -0.3 is 5.11 Å². The molecule has 0 radical (unpaired) electrons. The Kier molecular flexibility index (Phi) is 2.32. The molecule has 5 nitrogen and oxygen atoms in total. The molecule has 5 heteroatoms. The first-order valence-electron chi connectivity index (χ1n) is 3.56. The first-order chi connectivity index (χ1) is 5.59. The zero-order valence-electron chi connectivity index (χ0n) is 6.70. The third-order valence-electron chi connectivity index (χ3n) is 1.60. The number of aromatic nitrogens is 2. The van der Waals surface area contributed by atoms with Gasteiger partial charge in [0.05, 0.1) is 6.42 Å². The highest BCUT2D eigenvalue weighted by molar-refractivity contribution is 5.66. The number of rotatable bonds is 3. The first-order valence-corrected chi connectivity index (χ1v) is 3.56. The molecule has 0 aromatic carbocycles. The molecule has 0 unspecified atom stereocenters. The van der Waals surface area contributed by atoms with Gasteiger partial charge in [0.25, 0.3) is 5.56 Å². The van der Waals surface area contributed by atoms with E-state index in [0.29, 0.717) is 12.1 Å². The Morgan fingerprint density at radius 2 is 2.42 bits per heavy atom. The smallest absolute Gasteiger partial charge is 0.303 e. The molecular weight excluding hydrogens is 160 g/mol. The predicted octanol–water partition coefficient (Wildman–Crippen LogP) is -0.269. The van der Waals surface area contributed by atoms with E-state index in [1.54, 1.807) is 7.05 Å². The van der Waals surface area contributed by atoms with Gasteiger partial charge in [-0.15, -0.1) is 0 Å². The molecule has 0 bridgehead atoms. The lowest BCUT2D eigenvalue weighted by Gasteiger charge is -1.98. The number of nitrogens with one attached hydrogen (secondary N) is 1. The molecule has 0 aliphatic rings. The maximum atomic E-state index is 10.7. The van der Waals surface area contributed by atoms with Crippen LogP contribution in [0.1, 0.15) is 12.1 Å². The number of hydrogen-bond acceptors (Lipinski definition) is 2. The summed E-state index contributed by atoms with van der Waals surface area (Å²) in [5, 5.41) is 10.9. The molecule has 1 rings (SSSR count). The van der Waals surface area contributed by atoms with Crippen LogP contribution in [0.25, 0.3) is 0 Å². The Balaban J connectivity index is 2.69. The quantitative estimate of drug-likeness (QED) is 0.655. The number of carboxylic acids is 1. The summed E-state index contributed by atoms with van der Waals surface area (Å²) >= 11 is 0. The van der Waals surface area contributed by atoms with Crippen LogP contribution in [0.2, 0.25) is 0 Å². The molecule has 2 N–H and O–H groups in total. The van der Waals surface area contributed by atoms with Crippen LogP contribution < -0.4 is 5.56 Å². The summed E-state index contributed by atoms with van der Waals surface area (Å²) in [7, 11) is 1.68. The minimum absolute atomic E-state index is 0.0468. The Hall–Kier alpha value is -1.52. The van der Waals surface area contributed by atoms with Crippen LogP contribution in [0, 0.1) is 0 Å². The summed E-state index contributed by atoms with van der Waals surface area (Å²) in [5.74, 6) is -0.858. The molecule has 0 aliphatic carbocycles. The Bertz CT molecular complexity index is 337. The fraction of sp³-hybridized carbons (Fsp3) is 0.429. The van der Waals surface area contributed by atoms with Crippen LogP contribution in [-0.4, -0.2) is 20.9 Å². The zero-order valence-corrected chi connectivity index (χ0v) is 6.70. The Labute approximate surface area is 68.6 Å². The fourth-order valence-electron chi connectivity index (χ4n) is 0.992. The number of aromatic amines is 1. The third-order valence-corrected chi connectivity index (χ3v) is 1.60. The number of carbonyl (C=O) groups is 1. The van der Waals surface area contributed by atoms with E-state index in [1.807, 2.05) is 0 Å². The van der Waals surface area contributed by atoms with Crippen molar-refractivity contribution in [3.05, 3.63) is 22.1 Å². The van der Waals surface area contributed by atoms with Gasteiger partial charge in [-0.05, 0) is 6.42 Å². The van der Waals surface area contributed by atoms with E-state index in [1.165, 1.54) is 10.7 Å². The zero-order chi connectivity index (χ0) is 9.14. The second-order valence-corrected chi connectivity index (χ2v) is 2.56. The van der Waals surface area contributed by atoms with Crippen molar-refractivity contribution in [2.75, 3.05) is 0 Å². The van der Waals surface area contributed by atoms with E-state index in [0.717, 1.165) is 0 Å². The van der Waals surface area contributed by atoms with Crippen molar-refractivity contribution < 1.29 is 9.90 Å². The molecular formula is C7H10N2O3. The van der Waals surface area contributed by atoms with Gasteiger partial charge in [-0.1, -0.05) is 0 Å². The predicted molar refractivity (Wildman–Crippen MR) is 42.0 cm³/mol. The van der Waals surface area contributed by atoms with Crippen LogP contribution >= 0.6 is 0 Å². The molecule has 0 amide bonds. The molecule has 0 aliphatic heterocycles. The summed E-state index contributed by atoms with van der Waals surface area (Å²) in [4.78, 5) is 20.9. The van der Waals surface area contributed by atoms with E-state index in [4.69, 9.17) is 5.11 Å². The van der Waals surface area contributed by atoms with Crippen molar-refractivity contribution in [1.29, 1.82) is 0 Å². The SMILES string of the molecule is Cn1[nH]c(=O)cc1CCC(=O)O. The number of carboxylic acid groups (broad SMARTS) is 1. The van der Waals surface area contributed by atoms with E-state index >= 15 is 0 Å². The summed E-state index contributed by atoms with van der Waals surface area (Å²) in [6, 6.07) is 1.41. The van der Waals surface area contributed by atoms with Crippen molar-refractivity contribution >= 4 is 5.97 Å². The van der Waals surface area contributed by atoms with Crippen molar-refractivity contribution in [2.24, 2.45) is 7.05 Å². The third kappa shape index (κ3) is 1.98. The minimum Gasteiger partial charge on any atom is -0.481 e. The van der Waals surface area contributed by atoms with E-state index in [-0.39, 0.29) is 12.0 Å². The molecule has 1 aromatic heterocycles. The second-order valence-electron chi connectivity index (χ2n) is 2.56. The lowest BCUT2D eigenvalue weighted by molar-refractivity contribution is -0.136. The van der Waals surface area contributed by atoms with Crippen molar-refractivity contribution in [3.8, 4) is 0 Å². The summed E-state index contributed by atoms with van der Waals surface area (Å²) < 4.78 is 1.53. The maximum absolute atomic E-state index is 10.7. The normalized spacial score (nSPS) is 10.1. The Morgan fingerprint density at radius 1 is 1.75 bits per heavy atom. The van der Waals surface area contributed by atoms with E-state index < -0.39 is 5.97 Å². The van der Waals surface area contributed by atoms with E-state index in [9.17, 15) is 9.59 Å². The number of aryl methyl sites for hydroxylation is 2. The van der Waals surface area contributed by atoms with Crippen molar-refractivity contribution in [3.63, 3.8) is 0 Å². The van der Waals surface area contributed by atoms with Gasteiger partial charge in [0.1, 0.15) is 0 Å². The van der Waals surface area contributed by atoms with Gasteiger partial charge in [0, 0.05) is 18.8 Å². The van der Waals surface area contributed by atoms with Crippen LogP contribution in [0.5, 0.6) is 0 Å². The second kappa shape index (κ2) is 3.25. The maximum Gasteiger partial charge on any atom is 0.303 e.